The first-order valence-electron chi connectivity index (χ1n) is 16.6. The quantitative estimate of drug-likeness (QED) is 0.191. The van der Waals surface area contributed by atoms with Gasteiger partial charge in [-0.05, 0) is 123 Å². The summed E-state index contributed by atoms with van der Waals surface area (Å²) in [6.45, 7) is 0. The molecule has 0 saturated carbocycles. The highest BCUT2D eigenvalue weighted by atomic mass is 79.9. The van der Waals surface area contributed by atoms with Gasteiger partial charge in [0, 0.05) is 32.4 Å². The summed E-state index contributed by atoms with van der Waals surface area (Å²) in [5.74, 6) is 0. The lowest BCUT2D eigenvalue weighted by molar-refractivity contribution is 1.17. The molecule has 1 N–H and O–H groups in total. The fourth-order valence-corrected chi connectivity index (χ4v) is 9.60. The van der Waals surface area contributed by atoms with Crippen LogP contribution in [0.5, 0.6) is 0 Å². The summed E-state index contributed by atoms with van der Waals surface area (Å²) < 4.78 is 5.81. The summed E-state index contributed by atoms with van der Waals surface area (Å²) in [5.41, 5.74) is 14.5. The Hall–Kier alpha value is -4.60. The van der Waals surface area contributed by atoms with Gasteiger partial charge in [0.15, 0.2) is 0 Å². The molecule has 9 rings (SSSR count). The zero-order valence-corrected chi connectivity index (χ0v) is 33.6. The number of nitrogens with one attached hydrogen (secondary N) is 1. The second kappa shape index (κ2) is 13.7. The standard InChI is InChI=1S/C44H26Br4N4/c45-33-24-31-23-29-21-22-30(49-29)25-34-35(26-13-5-1-6-14-26)36(27-15-7-2-8-16-27)44(52(34)32-19-11-4-12-20-32)37(28-17-9-3-10-18-28)42-38(46)39(47)43(51-42)40(48)41(33)50-31/h1-25,50H. The van der Waals surface area contributed by atoms with Crippen molar-refractivity contribution in [3.05, 3.63) is 171 Å². The van der Waals surface area contributed by atoms with Crippen molar-refractivity contribution in [2.24, 2.45) is 0 Å². The zero-order valence-electron chi connectivity index (χ0n) is 27.3. The van der Waals surface area contributed by atoms with E-state index in [2.05, 4.69) is 225 Å². The highest BCUT2D eigenvalue weighted by molar-refractivity contribution is 9.18. The van der Waals surface area contributed by atoms with Gasteiger partial charge in [-0.15, -0.1) is 0 Å². The number of para-hydroxylation sites is 1. The second-order valence-corrected chi connectivity index (χ2v) is 15.6. The molecule has 0 atom stereocenters. The number of nitrogens with zero attached hydrogens (tertiary/aromatic N) is 3. The number of aromatic amines is 1. The van der Waals surface area contributed by atoms with Crippen molar-refractivity contribution in [1.29, 1.82) is 0 Å². The molecule has 0 unspecified atom stereocenters. The fourth-order valence-electron chi connectivity index (χ4n) is 6.97. The second-order valence-electron chi connectivity index (χ2n) is 12.4. The van der Waals surface area contributed by atoms with E-state index in [1.54, 1.807) is 0 Å². The molecule has 2 aliphatic heterocycles. The molecule has 5 heterocycles. The van der Waals surface area contributed by atoms with Crippen molar-refractivity contribution >= 4 is 107 Å². The predicted octanol–water partition coefficient (Wildman–Crippen LogP) is 14.1. The zero-order chi connectivity index (χ0) is 35.3. The molecule has 0 saturated heterocycles. The van der Waals surface area contributed by atoms with Gasteiger partial charge in [-0.25, -0.2) is 9.97 Å². The first kappa shape index (κ1) is 33.3. The lowest BCUT2D eigenvalue weighted by Gasteiger charge is -2.14. The average Bonchev–Trinajstić information content (AvgIpc) is 3.94. The number of aromatic nitrogens is 4. The topological polar surface area (TPSA) is 46.5 Å². The van der Waals surface area contributed by atoms with Crippen LogP contribution in [0.3, 0.4) is 0 Å². The van der Waals surface area contributed by atoms with Crippen LogP contribution in [0.25, 0.3) is 82.3 Å². The third kappa shape index (κ3) is 5.78. The number of H-pyrrole nitrogens is 1. The normalized spacial score (nSPS) is 12.5. The van der Waals surface area contributed by atoms with Crippen LogP contribution in [0.4, 0.5) is 0 Å². The summed E-state index contributed by atoms with van der Waals surface area (Å²) in [4.78, 5) is 14.2. The van der Waals surface area contributed by atoms with Crippen LogP contribution in [0.2, 0.25) is 0 Å². The third-order valence-electron chi connectivity index (χ3n) is 9.20. The molecule has 7 aromatic rings. The Balaban J connectivity index is 1.65. The van der Waals surface area contributed by atoms with E-state index in [4.69, 9.17) is 9.97 Å². The fraction of sp³-hybridized carbons (Fsp3) is 0. The maximum atomic E-state index is 5.47. The average molecular weight is 930 g/mol. The monoisotopic (exact) mass is 926 g/mol. The van der Waals surface area contributed by atoms with Gasteiger partial charge in [0.2, 0.25) is 0 Å². The van der Waals surface area contributed by atoms with Crippen molar-refractivity contribution in [1.82, 2.24) is 19.5 Å². The van der Waals surface area contributed by atoms with Crippen LogP contribution in [-0.4, -0.2) is 19.5 Å². The van der Waals surface area contributed by atoms with E-state index in [9.17, 15) is 0 Å². The van der Waals surface area contributed by atoms with Crippen molar-refractivity contribution in [3.8, 4) is 39.1 Å². The minimum Gasteiger partial charge on any atom is -0.354 e. The summed E-state index contributed by atoms with van der Waals surface area (Å²) >= 11 is 15.7. The molecular weight excluding hydrogens is 904 g/mol. The van der Waals surface area contributed by atoms with Gasteiger partial charge < -0.3 is 9.55 Å². The maximum Gasteiger partial charge on any atom is 0.0955 e. The first-order chi connectivity index (χ1) is 25.5. The minimum absolute atomic E-state index is 0.763. The molecule has 8 bridgehead atoms. The van der Waals surface area contributed by atoms with Crippen LogP contribution in [-0.2, 0) is 0 Å². The largest absolute Gasteiger partial charge is 0.354 e. The van der Waals surface area contributed by atoms with Gasteiger partial charge in [0.25, 0.3) is 0 Å². The predicted molar refractivity (Wildman–Crippen MR) is 231 cm³/mol. The molecule has 250 valence electrons. The van der Waals surface area contributed by atoms with Crippen LogP contribution in [0, 0.1) is 0 Å². The molecule has 4 aromatic carbocycles. The van der Waals surface area contributed by atoms with Crippen molar-refractivity contribution in [3.63, 3.8) is 0 Å². The van der Waals surface area contributed by atoms with Crippen LogP contribution in [0.15, 0.2) is 148 Å². The highest BCUT2D eigenvalue weighted by Crippen LogP contribution is 2.51. The van der Waals surface area contributed by atoms with Crippen molar-refractivity contribution in [2.75, 3.05) is 0 Å². The van der Waals surface area contributed by atoms with Gasteiger partial charge in [-0.1, -0.05) is 109 Å². The Bertz CT molecular complexity index is 2750. The van der Waals surface area contributed by atoms with Crippen LogP contribution in [0.1, 0.15) is 22.8 Å². The number of fused-ring (bicyclic) bond motifs is 8. The lowest BCUT2D eigenvalue weighted by atomic mass is 9.93. The Labute approximate surface area is 334 Å². The van der Waals surface area contributed by atoms with E-state index < -0.39 is 0 Å². The number of benzene rings is 4. The molecule has 8 heteroatoms. The van der Waals surface area contributed by atoms with Crippen molar-refractivity contribution < 1.29 is 0 Å². The summed E-state index contributed by atoms with van der Waals surface area (Å²) in [6, 6.07) is 48.8. The number of halogens is 4. The molecular formula is C44H26Br4N4. The molecule has 4 nitrogen and oxygen atoms in total. The highest BCUT2D eigenvalue weighted by Gasteiger charge is 2.29. The van der Waals surface area contributed by atoms with E-state index in [1.165, 1.54) is 0 Å². The van der Waals surface area contributed by atoms with E-state index in [0.29, 0.717) is 0 Å². The number of hydrogen-bond donors (Lipinski definition) is 1. The molecule has 0 radical (unpaired) electrons. The first-order valence-corrected chi connectivity index (χ1v) is 19.8. The van der Waals surface area contributed by atoms with Gasteiger partial charge in [-0.3, -0.25) is 0 Å². The Morgan fingerprint density at radius 2 is 1.02 bits per heavy atom. The smallest absolute Gasteiger partial charge is 0.0955 e. The van der Waals surface area contributed by atoms with E-state index in [0.717, 1.165) is 102 Å². The van der Waals surface area contributed by atoms with Gasteiger partial charge in [-0.2, -0.15) is 0 Å². The van der Waals surface area contributed by atoms with Gasteiger partial charge in [0.1, 0.15) is 0 Å². The number of rotatable bonds is 4. The summed E-state index contributed by atoms with van der Waals surface area (Å²) in [6.07, 6.45) is 4.15. The van der Waals surface area contributed by atoms with E-state index in [1.807, 2.05) is 0 Å². The van der Waals surface area contributed by atoms with Gasteiger partial charge >= 0.3 is 0 Å². The SMILES string of the molecule is BrC1=C(Br)c2nc1c(Br)c1[nH]c(cc3nc(cc4c(-c5ccccc5)c(-c5ccccc5)c(c2-c2ccccc2)n4-c2ccccc2)C=C3)cc1Br. The summed E-state index contributed by atoms with van der Waals surface area (Å²) in [7, 11) is 0. The Kier molecular flexibility index (Phi) is 8.79. The number of hydrogen-bond acceptors (Lipinski definition) is 2. The van der Waals surface area contributed by atoms with Gasteiger partial charge in [0.05, 0.1) is 52.8 Å². The van der Waals surface area contributed by atoms with Crippen molar-refractivity contribution in [2.45, 2.75) is 0 Å². The van der Waals surface area contributed by atoms with E-state index in [-0.39, 0.29) is 0 Å². The molecule has 2 aliphatic rings. The van der Waals surface area contributed by atoms with Crippen LogP contribution < -0.4 is 0 Å². The lowest BCUT2D eigenvalue weighted by Crippen LogP contribution is -1.97. The molecule has 3 aromatic heterocycles. The van der Waals surface area contributed by atoms with E-state index >= 15 is 0 Å². The Morgan fingerprint density at radius 3 is 1.63 bits per heavy atom. The molecule has 0 fully saturated rings. The van der Waals surface area contributed by atoms with Crippen LogP contribution >= 0.6 is 63.7 Å². The molecule has 0 spiro atoms. The molecule has 0 amide bonds. The Morgan fingerprint density at radius 1 is 0.500 bits per heavy atom. The summed E-state index contributed by atoms with van der Waals surface area (Å²) in [5, 5.41) is 0. The minimum atomic E-state index is 0.763. The maximum absolute atomic E-state index is 5.47. The molecule has 0 aliphatic carbocycles. The molecule has 52 heavy (non-hydrogen) atoms. The third-order valence-corrected chi connectivity index (χ3v) is 12.7.